The SMILES string of the molecule is CCOC(=O)c1c(NC(=O)CSc2nnc3c4c(-c5ccc(F)cc5)csc4ncn23)sc(C)c1C. The van der Waals surface area contributed by atoms with Gasteiger partial charge in [0.15, 0.2) is 10.8 Å². The summed E-state index contributed by atoms with van der Waals surface area (Å²) in [7, 11) is 0. The molecule has 0 radical (unpaired) electrons. The van der Waals surface area contributed by atoms with Crippen molar-refractivity contribution in [2.75, 3.05) is 17.7 Å². The zero-order valence-corrected chi connectivity index (χ0v) is 21.9. The molecule has 1 amide bonds. The molecule has 1 N–H and O–H groups in total. The quantitative estimate of drug-likeness (QED) is 0.207. The number of thiophene rings is 2. The second-order valence-electron chi connectivity index (χ2n) is 7.80. The molecule has 0 spiro atoms. The zero-order valence-electron chi connectivity index (χ0n) is 19.5. The van der Waals surface area contributed by atoms with Gasteiger partial charge in [0.25, 0.3) is 0 Å². The number of thioether (sulfide) groups is 1. The van der Waals surface area contributed by atoms with E-state index in [9.17, 15) is 14.0 Å². The predicted octanol–water partition coefficient (Wildman–Crippen LogP) is 5.73. The molecule has 4 heterocycles. The number of fused-ring (bicyclic) bond motifs is 3. The van der Waals surface area contributed by atoms with Gasteiger partial charge in [-0.25, -0.2) is 14.2 Å². The van der Waals surface area contributed by atoms with E-state index >= 15 is 0 Å². The van der Waals surface area contributed by atoms with Crippen LogP contribution in [0.4, 0.5) is 9.39 Å². The molecule has 0 bridgehead atoms. The lowest BCUT2D eigenvalue weighted by atomic mass is 10.1. The molecule has 0 aliphatic rings. The molecule has 1 aromatic carbocycles. The maximum absolute atomic E-state index is 13.4. The molecular weight excluding hydrogens is 521 g/mol. The second kappa shape index (κ2) is 9.96. The number of nitrogens with zero attached hydrogens (tertiary/aromatic N) is 4. The molecule has 0 atom stereocenters. The van der Waals surface area contributed by atoms with Crippen molar-refractivity contribution in [1.29, 1.82) is 0 Å². The molecule has 5 aromatic rings. The summed E-state index contributed by atoms with van der Waals surface area (Å²) in [5, 5.41) is 15.2. The third-order valence-corrected chi connectivity index (χ3v) is 8.51. The Hall–Kier alpha value is -3.35. The minimum Gasteiger partial charge on any atom is -0.462 e. The number of aromatic nitrogens is 4. The number of rotatable bonds is 7. The smallest absolute Gasteiger partial charge is 0.341 e. The predicted molar refractivity (Wildman–Crippen MR) is 141 cm³/mol. The molecule has 36 heavy (non-hydrogen) atoms. The molecule has 0 saturated carbocycles. The van der Waals surface area contributed by atoms with E-state index in [-0.39, 0.29) is 24.1 Å². The van der Waals surface area contributed by atoms with Crippen LogP contribution >= 0.6 is 34.4 Å². The van der Waals surface area contributed by atoms with Gasteiger partial charge in [-0.15, -0.1) is 32.9 Å². The molecule has 8 nitrogen and oxygen atoms in total. The van der Waals surface area contributed by atoms with Crippen LogP contribution in [0.3, 0.4) is 0 Å². The zero-order chi connectivity index (χ0) is 25.4. The van der Waals surface area contributed by atoms with Crippen LogP contribution < -0.4 is 5.32 Å². The van der Waals surface area contributed by atoms with Crippen molar-refractivity contribution in [3.63, 3.8) is 0 Å². The third-order valence-electron chi connectivity index (χ3n) is 5.56. The Bertz CT molecular complexity index is 1610. The van der Waals surface area contributed by atoms with Crippen LogP contribution in [-0.4, -0.2) is 43.8 Å². The number of ether oxygens (including phenoxy) is 1. The molecule has 0 saturated heterocycles. The van der Waals surface area contributed by atoms with Crippen molar-refractivity contribution in [3.05, 3.63) is 57.8 Å². The van der Waals surface area contributed by atoms with Gasteiger partial charge in [-0.2, -0.15) is 0 Å². The lowest BCUT2D eigenvalue weighted by Crippen LogP contribution is -2.16. The van der Waals surface area contributed by atoms with Gasteiger partial charge in [-0.3, -0.25) is 9.20 Å². The summed E-state index contributed by atoms with van der Waals surface area (Å²) < 4.78 is 20.3. The van der Waals surface area contributed by atoms with E-state index in [1.54, 1.807) is 29.8 Å². The Morgan fingerprint density at radius 1 is 1.19 bits per heavy atom. The van der Waals surface area contributed by atoms with Gasteiger partial charge in [-0.05, 0) is 44.0 Å². The fourth-order valence-corrected chi connectivity index (χ4v) is 6.40. The standard InChI is InChI=1S/C24H20FN5O3S3/c1-4-33-23(32)18-12(2)13(3)36-22(18)27-17(31)10-35-24-29-28-20-19-16(14-5-7-15(25)8-6-14)9-34-21(19)26-11-30(20)24/h5-9,11H,4,10H2,1-3H3,(H,27,31). The fourth-order valence-electron chi connectivity index (χ4n) is 3.72. The van der Waals surface area contributed by atoms with Crippen molar-refractivity contribution in [3.8, 4) is 11.1 Å². The number of esters is 1. The number of anilines is 1. The first-order valence-electron chi connectivity index (χ1n) is 10.9. The second-order valence-corrected chi connectivity index (χ2v) is 10.8. The highest BCUT2D eigenvalue weighted by atomic mass is 32.2. The highest BCUT2D eigenvalue weighted by molar-refractivity contribution is 7.99. The third kappa shape index (κ3) is 4.47. The summed E-state index contributed by atoms with van der Waals surface area (Å²) in [5.74, 6) is -0.970. The van der Waals surface area contributed by atoms with Crippen LogP contribution in [0.1, 0.15) is 27.7 Å². The Kier molecular flexibility index (Phi) is 6.73. The Labute approximate surface area is 217 Å². The number of halogens is 1. The average Bonchev–Trinajstić information content (AvgIpc) is 3.54. The number of benzene rings is 1. The van der Waals surface area contributed by atoms with Crippen LogP contribution in [0.5, 0.6) is 0 Å². The Balaban J connectivity index is 1.38. The first-order valence-corrected chi connectivity index (χ1v) is 13.6. The van der Waals surface area contributed by atoms with Crippen molar-refractivity contribution >= 4 is 67.2 Å². The summed E-state index contributed by atoms with van der Waals surface area (Å²) in [4.78, 5) is 31.4. The van der Waals surface area contributed by atoms with Crippen molar-refractivity contribution < 1.29 is 18.7 Å². The van der Waals surface area contributed by atoms with E-state index in [0.29, 0.717) is 21.4 Å². The van der Waals surface area contributed by atoms with Gasteiger partial charge in [0, 0.05) is 15.8 Å². The number of carbonyl (C=O) groups is 2. The van der Waals surface area contributed by atoms with Gasteiger partial charge >= 0.3 is 5.97 Å². The fraction of sp³-hybridized carbons (Fsp3) is 0.208. The van der Waals surface area contributed by atoms with E-state index < -0.39 is 5.97 Å². The maximum Gasteiger partial charge on any atom is 0.341 e. The van der Waals surface area contributed by atoms with E-state index in [0.717, 1.165) is 31.8 Å². The Morgan fingerprint density at radius 2 is 1.97 bits per heavy atom. The van der Waals surface area contributed by atoms with Crippen molar-refractivity contribution in [2.24, 2.45) is 0 Å². The molecule has 12 heteroatoms. The summed E-state index contributed by atoms with van der Waals surface area (Å²) in [6.45, 7) is 5.73. The molecule has 0 fully saturated rings. The topological polar surface area (TPSA) is 98.5 Å². The van der Waals surface area contributed by atoms with Crippen LogP contribution in [-0.2, 0) is 9.53 Å². The summed E-state index contributed by atoms with van der Waals surface area (Å²) in [6.07, 6.45) is 1.63. The van der Waals surface area contributed by atoms with Crippen molar-refractivity contribution in [2.45, 2.75) is 25.9 Å². The van der Waals surface area contributed by atoms with Crippen LogP contribution in [0.25, 0.3) is 27.0 Å². The number of aryl methyl sites for hydroxylation is 1. The number of hydrogen-bond acceptors (Lipinski definition) is 9. The van der Waals surface area contributed by atoms with E-state index in [4.69, 9.17) is 4.74 Å². The average molecular weight is 542 g/mol. The minimum atomic E-state index is -0.450. The van der Waals surface area contributed by atoms with Gasteiger partial charge in [-0.1, -0.05) is 23.9 Å². The highest BCUT2D eigenvalue weighted by Crippen LogP contribution is 2.36. The molecule has 5 rings (SSSR count). The highest BCUT2D eigenvalue weighted by Gasteiger charge is 2.23. The summed E-state index contributed by atoms with van der Waals surface area (Å²) in [5.41, 5.74) is 3.55. The van der Waals surface area contributed by atoms with Crippen LogP contribution in [0.15, 0.2) is 41.1 Å². The largest absolute Gasteiger partial charge is 0.462 e. The first-order chi connectivity index (χ1) is 17.4. The first kappa shape index (κ1) is 24.3. The normalized spacial score (nSPS) is 11.3. The van der Waals surface area contributed by atoms with Crippen molar-refractivity contribution in [1.82, 2.24) is 19.6 Å². The summed E-state index contributed by atoms with van der Waals surface area (Å²) >= 11 is 4.03. The van der Waals surface area contributed by atoms with E-state index in [1.165, 1.54) is 46.6 Å². The van der Waals surface area contributed by atoms with Gasteiger partial charge in [0.1, 0.15) is 22.0 Å². The lowest BCUT2D eigenvalue weighted by Gasteiger charge is -2.07. The molecular formula is C24H20FN5O3S3. The van der Waals surface area contributed by atoms with E-state index in [2.05, 4.69) is 20.5 Å². The van der Waals surface area contributed by atoms with Crippen LogP contribution in [0, 0.1) is 19.7 Å². The lowest BCUT2D eigenvalue weighted by molar-refractivity contribution is -0.113. The molecule has 0 aliphatic heterocycles. The molecule has 0 aliphatic carbocycles. The number of nitrogens with one attached hydrogen (secondary N) is 1. The molecule has 184 valence electrons. The van der Waals surface area contributed by atoms with Gasteiger partial charge in [0.2, 0.25) is 5.91 Å². The summed E-state index contributed by atoms with van der Waals surface area (Å²) in [6, 6.07) is 6.27. The molecule has 0 unspecified atom stereocenters. The monoisotopic (exact) mass is 541 g/mol. The number of carbonyl (C=O) groups excluding carboxylic acids is 2. The molecule has 4 aromatic heterocycles. The van der Waals surface area contributed by atoms with Gasteiger partial charge < -0.3 is 10.1 Å². The number of hydrogen-bond donors (Lipinski definition) is 1. The minimum absolute atomic E-state index is 0.0611. The van der Waals surface area contributed by atoms with E-state index in [1.807, 2.05) is 19.2 Å². The number of amides is 1. The Morgan fingerprint density at radius 3 is 2.72 bits per heavy atom. The maximum atomic E-state index is 13.4. The van der Waals surface area contributed by atoms with Crippen LogP contribution in [0.2, 0.25) is 0 Å². The van der Waals surface area contributed by atoms with Gasteiger partial charge in [0.05, 0.1) is 23.3 Å².